The molecule has 3 unspecified atom stereocenters. The first-order valence-corrected chi connectivity index (χ1v) is 17.2. The molecule has 3 atom stereocenters. The van der Waals surface area contributed by atoms with E-state index in [1.54, 1.807) is 6.33 Å². The van der Waals surface area contributed by atoms with Gasteiger partial charge >= 0.3 is 8.03 Å². The highest BCUT2D eigenvalue weighted by molar-refractivity contribution is 7.99. The molecule has 0 saturated carbocycles. The molecule has 0 aliphatic rings. The van der Waals surface area contributed by atoms with Crippen molar-refractivity contribution in [3.05, 3.63) is 12.7 Å². The van der Waals surface area contributed by atoms with Gasteiger partial charge in [0.2, 0.25) is 0 Å². The van der Waals surface area contributed by atoms with Crippen LogP contribution >= 0.6 is 19.8 Å². The summed E-state index contributed by atoms with van der Waals surface area (Å²) in [6, 6.07) is 0. The van der Waals surface area contributed by atoms with Gasteiger partial charge in [0.25, 0.3) is 5.85 Å². The zero-order valence-electron chi connectivity index (χ0n) is 23.7. The second-order valence-electron chi connectivity index (χ2n) is 10.4. The largest absolute Gasteiger partial charge is 0.593 e. The number of nitrogens with two attached hydrogens (primary N) is 1. The molecule has 0 aromatic carbocycles. The maximum Gasteiger partial charge on any atom is 0.341 e. The lowest BCUT2D eigenvalue weighted by atomic mass is 10.0. The van der Waals surface area contributed by atoms with Crippen LogP contribution in [0.15, 0.2) is 12.7 Å². The summed E-state index contributed by atoms with van der Waals surface area (Å²) in [5.74, 6) is 1.69. The summed E-state index contributed by atoms with van der Waals surface area (Å²) in [7, 11) is -2.65. The van der Waals surface area contributed by atoms with Crippen molar-refractivity contribution in [1.29, 1.82) is 0 Å². The average molecular weight is 568 g/mol. The lowest BCUT2D eigenvalue weighted by molar-refractivity contribution is -0.176. The maximum atomic E-state index is 11.8. The normalized spacial score (nSPS) is 13.7. The van der Waals surface area contributed by atoms with Gasteiger partial charge in [-0.25, -0.2) is 15.0 Å². The van der Waals surface area contributed by atoms with Gasteiger partial charge in [0.1, 0.15) is 11.8 Å². The van der Waals surface area contributed by atoms with Crippen LogP contribution in [0, 0.1) is 0 Å². The summed E-state index contributed by atoms with van der Waals surface area (Å²) >= 11 is 1.93. The Labute approximate surface area is 235 Å². The fourth-order valence-electron chi connectivity index (χ4n) is 4.70. The van der Waals surface area contributed by atoms with Gasteiger partial charge in [-0.2, -0.15) is 11.8 Å². The van der Waals surface area contributed by atoms with E-state index in [4.69, 9.17) is 10.5 Å². The highest BCUT2D eigenvalue weighted by atomic mass is 32.2. The van der Waals surface area contributed by atoms with E-state index in [1.807, 2.05) is 23.3 Å². The minimum atomic E-state index is -2.65. The summed E-state index contributed by atoms with van der Waals surface area (Å²) in [5.41, 5.74) is 7.00. The molecule has 2 rings (SSSR count). The predicted octanol–water partition coefficient (Wildman–Crippen LogP) is 7.24. The molecule has 8 nitrogen and oxygen atoms in total. The third-order valence-corrected chi connectivity index (χ3v) is 8.89. The van der Waals surface area contributed by atoms with Crippen LogP contribution in [-0.2, 0) is 15.8 Å². The molecule has 0 bridgehead atoms. The molecule has 0 spiro atoms. The molecule has 0 fully saturated rings. The molecule has 216 valence electrons. The lowest BCUT2D eigenvalue weighted by Crippen LogP contribution is -2.24. The predicted molar refractivity (Wildman–Crippen MR) is 159 cm³/mol. The van der Waals surface area contributed by atoms with E-state index in [-0.39, 0.29) is 6.10 Å². The van der Waals surface area contributed by atoms with Crippen molar-refractivity contribution in [2.45, 2.75) is 135 Å². The first kappa shape index (κ1) is 32.9. The van der Waals surface area contributed by atoms with E-state index in [0.29, 0.717) is 29.9 Å². The Hall–Kier alpha value is -1.28. The van der Waals surface area contributed by atoms with Gasteiger partial charge in [0.05, 0.1) is 19.0 Å². The molecule has 0 aliphatic heterocycles. The van der Waals surface area contributed by atoms with Gasteiger partial charge in [-0.3, -0.25) is 0 Å². The second-order valence-corrected chi connectivity index (χ2v) is 12.7. The van der Waals surface area contributed by atoms with Crippen LogP contribution in [0.5, 0.6) is 0 Å². The Morgan fingerprint density at radius 1 is 0.921 bits per heavy atom. The number of imidazole rings is 1. The van der Waals surface area contributed by atoms with Gasteiger partial charge in [0.15, 0.2) is 11.5 Å². The van der Waals surface area contributed by atoms with Crippen LogP contribution in [0.25, 0.3) is 11.2 Å². The number of hydrogen-bond donors (Lipinski definition) is 1. The number of unbranched alkanes of at least 4 members (excludes halogenated alkanes) is 13. The smallest absolute Gasteiger partial charge is 0.341 e. The quantitative estimate of drug-likeness (QED) is 0.104. The number of anilines is 1. The summed E-state index contributed by atoms with van der Waals surface area (Å²) in [5, 5.41) is 0. The van der Waals surface area contributed by atoms with Crippen molar-refractivity contribution in [2.75, 3.05) is 17.2 Å². The Morgan fingerprint density at radius 3 is 2.11 bits per heavy atom. The highest BCUT2D eigenvalue weighted by Gasteiger charge is 2.25. The molecular weight excluding hydrogens is 517 g/mol. The van der Waals surface area contributed by atoms with Gasteiger partial charge < -0.3 is 19.9 Å². The Kier molecular flexibility index (Phi) is 17.9. The molecule has 2 heterocycles. The third-order valence-electron chi connectivity index (χ3n) is 6.89. The number of nitrogen functional groups attached to an aromatic ring is 1. The van der Waals surface area contributed by atoms with Crippen molar-refractivity contribution in [3.8, 4) is 0 Å². The van der Waals surface area contributed by atoms with Gasteiger partial charge in [-0.1, -0.05) is 95.0 Å². The van der Waals surface area contributed by atoms with Crippen LogP contribution in [-0.4, -0.2) is 43.0 Å². The molecule has 2 aromatic heterocycles. The van der Waals surface area contributed by atoms with Gasteiger partial charge in [0, 0.05) is 6.42 Å². The second kappa shape index (κ2) is 20.6. The SMILES string of the molecule is CCCCCCCCCCCCCCCCSCCCC(OC(C)Cn1cnc2c(N)ncnc21)[P+](=O)[O-]. The molecule has 0 radical (unpaired) electrons. The first-order chi connectivity index (χ1) is 18.5. The third kappa shape index (κ3) is 13.7. The molecule has 0 saturated heterocycles. The van der Waals surface area contributed by atoms with Crippen molar-refractivity contribution < 1.29 is 14.2 Å². The Bertz CT molecular complexity index is 900. The zero-order valence-corrected chi connectivity index (χ0v) is 25.4. The number of rotatable bonds is 24. The van der Waals surface area contributed by atoms with E-state index in [2.05, 4.69) is 21.9 Å². The van der Waals surface area contributed by atoms with E-state index in [9.17, 15) is 9.46 Å². The number of nitrogens with zero attached hydrogens (tertiary/aromatic N) is 4. The maximum absolute atomic E-state index is 11.8. The van der Waals surface area contributed by atoms with Crippen molar-refractivity contribution in [3.63, 3.8) is 0 Å². The fraction of sp³-hybridized carbons (Fsp3) is 0.821. The van der Waals surface area contributed by atoms with Crippen molar-refractivity contribution >= 4 is 36.8 Å². The van der Waals surface area contributed by atoms with Crippen LogP contribution < -0.4 is 10.6 Å². The molecule has 0 amide bonds. The summed E-state index contributed by atoms with van der Waals surface area (Å²) in [4.78, 5) is 24.2. The number of thioether (sulfide) groups is 1. The van der Waals surface area contributed by atoms with Crippen LogP contribution in [0.1, 0.15) is 117 Å². The monoisotopic (exact) mass is 567 g/mol. The van der Waals surface area contributed by atoms with Crippen LogP contribution in [0.3, 0.4) is 0 Å². The minimum Gasteiger partial charge on any atom is -0.593 e. The molecule has 10 heteroatoms. The summed E-state index contributed by atoms with van der Waals surface area (Å²) in [6.45, 7) is 4.59. The van der Waals surface area contributed by atoms with Crippen LogP contribution in [0.2, 0.25) is 0 Å². The standard InChI is InChI=1S/C28H50N5O3PS/c1-3-4-5-6-7-8-9-10-11-12-13-14-15-16-19-38-20-17-18-25(37(34)35)36-24(2)21-33-23-32-26-27(29)30-22-31-28(26)33/h22-25H,3-21H2,1-2H3,(H2,29,30,31). The number of aromatic nitrogens is 4. The molecule has 2 aromatic rings. The van der Waals surface area contributed by atoms with Crippen molar-refractivity contribution in [1.82, 2.24) is 19.5 Å². The molecule has 0 aliphatic carbocycles. The topological polar surface area (TPSA) is 119 Å². The number of fused-ring (bicyclic) bond motifs is 1. The fourth-order valence-corrected chi connectivity index (χ4v) is 6.39. The molecule has 2 N–H and O–H groups in total. The zero-order chi connectivity index (χ0) is 27.4. The lowest BCUT2D eigenvalue weighted by Gasteiger charge is -2.17. The summed E-state index contributed by atoms with van der Waals surface area (Å²) < 4.78 is 19.4. The number of hydrogen-bond acceptors (Lipinski definition) is 8. The van der Waals surface area contributed by atoms with Gasteiger partial charge in [-0.05, 0) is 31.3 Å². The van der Waals surface area contributed by atoms with E-state index in [1.165, 1.54) is 96.2 Å². The molecule has 38 heavy (non-hydrogen) atoms. The average Bonchev–Trinajstić information content (AvgIpc) is 3.31. The first-order valence-electron chi connectivity index (χ1n) is 14.8. The van der Waals surface area contributed by atoms with E-state index in [0.717, 1.165) is 17.9 Å². The van der Waals surface area contributed by atoms with E-state index >= 15 is 0 Å². The Balaban J connectivity index is 1.45. The molecular formula is C28H50N5O3PS. The van der Waals surface area contributed by atoms with E-state index < -0.39 is 13.9 Å². The summed E-state index contributed by atoms with van der Waals surface area (Å²) in [6.07, 6.45) is 23.4. The Morgan fingerprint density at radius 2 is 1.50 bits per heavy atom. The van der Waals surface area contributed by atoms with Gasteiger partial charge in [-0.15, -0.1) is 0 Å². The minimum absolute atomic E-state index is 0.301. The van der Waals surface area contributed by atoms with Crippen molar-refractivity contribution in [2.24, 2.45) is 0 Å². The highest BCUT2D eigenvalue weighted by Crippen LogP contribution is 2.27. The van der Waals surface area contributed by atoms with Crippen LogP contribution in [0.4, 0.5) is 5.82 Å². The number of ether oxygens (including phenoxy) is 1.